The zero-order valence-corrected chi connectivity index (χ0v) is 22.1. The number of nitrogens with two attached hydrogens (primary N) is 1. The normalized spacial score (nSPS) is 15.1. The quantitative estimate of drug-likeness (QED) is 0.291. The van der Waals surface area contributed by atoms with Gasteiger partial charge in [-0.1, -0.05) is 31.0 Å². The van der Waals surface area contributed by atoms with Crippen LogP contribution in [0.1, 0.15) is 54.3 Å². The lowest BCUT2D eigenvalue weighted by Crippen LogP contribution is -2.39. The number of hydrogen-bond acceptors (Lipinski definition) is 6. The first-order chi connectivity index (χ1) is 16.5. The van der Waals surface area contributed by atoms with Crippen LogP contribution >= 0.6 is 22.9 Å². The third-order valence-electron chi connectivity index (χ3n) is 6.68. The number of nitrogens with one attached hydrogen (secondary N) is 1. The van der Waals surface area contributed by atoms with Gasteiger partial charge >= 0.3 is 0 Å². The number of piperidine rings is 1. The number of halogens is 1. The number of rotatable bonds is 13. The number of carbonyl (C=O) groups excluding carboxylic acids is 1. The molecule has 3 N–H and O–H groups in total. The zero-order chi connectivity index (χ0) is 24.3. The Balaban J connectivity index is 1.29. The Morgan fingerprint density at radius 2 is 2.09 bits per heavy atom. The van der Waals surface area contributed by atoms with Crippen molar-refractivity contribution < 1.29 is 9.53 Å². The monoisotopic (exact) mass is 506 g/mol. The molecule has 34 heavy (non-hydrogen) atoms. The number of ether oxygens (including phenoxy) is 1. The van der Waals surface area contributed by atoms with Crippen molar-refractivity contribution in [1.82, 2.24) is 15.1 Å². The molecular weight excluding hydrogens is 468 g/mol. The number of unbranched alkanes of at least 4 members (excludes halogenated alkanes) is 2. The van der Waals surface area contributed by atoms with E-state index >= 15 is 0 Å². The number of benzene rings is 1. The van der Waals surface area contributed by atoms with E-state index in [0.29, 0.717) is 34.5 Å². The highest BCUT2D eigenvalue weighted by Gasteiger charge is 2.21. The van der Waals surface area contributed by atoms with Crippen LogP contribution in [0.3, 0.4) is 0 Å². The summed E-state index contributed by atoms with van der Waals surface area (Å²) in [6.07, 6.45) is 6.04. The van der Waals surface area contributed by atoms with E-state index in [1.165, 1.54) is 44.3 Å². The number of amides is 1. The second kappa shape index (κ2) is 13.9. The van der Waals surface area contributed by atoms with Crippen LogP contribution in [0.15, 0.2) is 29.6 Å². The molecule has 0 radical (unpaired) electrons. The molecule has 2 heterocycles. The molecule has 8 heteroatoms. The van der Waals surface area contributed by atoms with Gasteiger partial charge in [0.1, 0.15) is 5.75 Å². The predicted octanol–water partition coefficient (Wildman–Crippen LogP) is 5.13. The third kappa shape index (κ3) is 8.15. The summed E-state index contributed by atoms with van der Waals surface area (Å²) in [4.78, 5) is 19.2. The van der Waals surface area contributed by atoms with Gasteiger partial charge in [0, 0.05) is 24.0 Å². The summed E-state index contributed by atoms with van der Waals surface area (Å²) in [6, 6.07) is 7.54. The first-order valence-corrected chi connectivity index (χ1v) is 13.6. The van der Waals surface area contributed by atoms with Crippen LogP contribution in [0.2, 0.25) is 5.02 Å². The van der Waals surface area contributed by atoms with Crippen LogP contribution in [0, 0.1) is 5.92 Å². The first-order valence-electron chi connectivity index (χ1n) is 12.4. The molecule has 188 valence electrons. The SMILES string of the molecule is CCN(CCCCCN1CCC(CNC(=O)c2cc(Cl)c(N)cc2OC)CC1)Cc1cccs1. The van der Waals surface area contributed by atoms with Crippen molar-refractivity contribution in [2.24, 2.45) is 5.92 Å². The fraction of sp³-hybridized carbons (Fsp3) is 0.577. The molecule has 0 atom stereocenters. The van der Waals surface area contributed by atoms with Gasteiger partial charge in [0.05, 0.1) is 23.4 Å². The second-order valence-corrected chi connectivity index (χ2v) is 10.5. The van der Waals surface area contributed by atoms with E-state index in [9.17, 15) is 4.79 Å². The number of likely N-dealkylation sites (tertiary alicyclic amines) is 1. The van der Waals surface area contributed by atoms with E-state index in [4.69, 9.17) is 22.1 Å². The second-order valence-electron chi connectivity index (χ2n) is 9.08. The Morgan fingerprint density at radius 3 is 2.76 bits per heavy atom. The molecule has 0 aliphatic carbocycles. The Bertz CT molecular complexity index is 885. The van der Waals surface area contributed by atoms with E-state index < -0.39 is 0 Å². The molecule has 1 saturated heterocycles. The summed E-state index contributed by atoms with van der Waals surface area (Å²) < 4.78 is 5.30. The largest absolute Gasteiger partial charge is 0.496 e. The molecule has 3 rings (SSSR count). The predicted molar refractivity (Wildman–Crippen MR) is 143 cm³/mol. The van der Waals surface area contributed by atoms with E-state index in [2.05, 4.69) is 39.6 Å². The molecule has 1 aromatic heterocycles. The van der Waals surface area contributed by atoms with Gasteiger partial charge < -0.3 is 20.7 Å². The van der Waals surface area contributed by atoms with Gasteiger partial charge in [-0.05, 0) is 81.8 Å². The van der Waals surface area contributed by atoms with Gasteiger partial charge in [0.15, 0.2) is 0 Å². The van der Waals surface area contributed by atoms with Gasteiger partial charge in [-0.2, -0.15) is 0 Å². The van der Waals surface area contributed by atoms with E-state index in [0.717, 1.165) is 39.0 Å². The van der Waals surface area contributed by atoms with Crippen molar-refractivity contribution in [3.8, 4) is 5.75 Å². The molecule has 2 aromatic rings. The Morgan fingerprint density at radius 1 is 1.29 bits per heavy atom. The third-order valence-corrected chi connectivity index (χ3v) is 7.87. The van der Waals surface area contributed by atoms with Gasteiger partial charge in [-0.15, -0.1) is 11.3 Å². The van der Waals surface area contributed by atoms with E-state index in [-0.39, 0.29) is 5.91 Å². The number of thiophene rings is 1. The lowest BCUT2D eigenvalue weighted by Gasteiger charge is -2.32. The lowest BCUT2D eigenvalue weighted by atomic mass is 9.96. The Hall–Kier alpha value is -1.80. The van der Waals surface area contributed by atoms with Crippen molar-refractivity contribution >= 4 is 34.5 Å². The molecule has 1 aromatic carbocycles. The van der Waals surface area contributed by atoms with Crippen LogP contribution in [0.5, 0.6) is 5.75 Å². The Kier molecular flexibility index (Phi) is 11.0. The summed E-state index contributed by atoms with van der Waals surface area (Å²) in [7, 11) is 1.53. The molecule has 0 bridgehead atoms. The minimum absolute atomic E-state index is 0.165. The zero-order valence-electron chi connectivity index (χ0n) is 20.5. The molecule has 1 aliphatic rings. The number of nitrogens with zero attached hydrogens (tertiary/aromatic N) is 2. The maximum Gasteiger partial charge on any atom is 0.255 e. The summed E-state index contributed by atoms with van der Waals surface area (Å²) in [5.41, 5.74) is 6.65. The number of methoxy groups -OCH3 is 1. The lowest BCUT2D eigenvalue weighted by molar-refractivity contribution is 0.0933. The van der Waals surface area contributed by atoms with Crippen molar-refractivity contribution in [1.29, 1.82) is 0 Å². The molecule has 6 nitrogen and oxygen atoms in total. The minimum Gasteiger partial charge on any atom is -0.496 e. The summed E-state index contributed by atoms with van der Waals surface area (Å²) in [5, 5.41) is 5.58. The molecule has 1 amide bonds. The Labute approximate surface area is 213 Å². The standard InChI is InChI=1S/C26H39ClN4O2S/c1-3-30(19-21-8-7-15-34-21)11-5-4-6-12-31-13-9-20(10-14-31)18-29-26(32)22-16-23(27)24(28)17-25(22)33-2/h7-8,15-17,20H,3-6,9-14,18-19,28H2,1-2H3,(H,29,32). The van der Waals surface area contributed by atoms with Crippen LogP contribution in [-0.2, 0) is 6.54 Å². The van der Waals surface area contributed by atoms with Crippen LogP contribution in [0.4, 0.5) is 5.69 Å². The van der Waals surface area contributed by atoms with Crippen molar-refractivity contribution in [2.75, 3.05) is 52.1 Å². The molecule has 0 unspecified atom stereocenters. The summed E-state index contributed by atoms with van der Waals surface area (Å²) in [5.74, 6) is 0.787. The molecule has 0 spiro atoms. The first kappa shape index (κ1) is 26.8. The van der Waals surface area contributed by atoms with Crippen molar-refractivity contribution in [3.63, 3.8) is 0 Å². The van der Waals surface area contributed by atoms with Gasteiger partial charge in [0.2, 0.25) is 0 Å². The number of anilines is 1. The highest BCUT2D eigenvalue weighted by atomic mass is 35.5. The highest BCUT2D eigenvalue weighted by molar-refractivity contribution is 7.09. The average molecular weight is 507 g/mol. The van der Waals surface area contributed by atoms with Gasteiger partial charge in [-0.25, -0.2) is 0 Å². The molecule has 1 aliphatic heterocycles. The number of carbonyl (C=O) groups is 1. The molecular formula is C26H39ClN4O2S. The van der Waals surface area contributed by atoms with E-state index in [1.807, 2.05) is 11.3 Å². The van der Waals surface area contributed by atoms with Gasteiger partial charge in [-0.3, -0.25) is 9.69 Å². The molecule has 0 saturated carbocycles. The summed E-state index contributed by atoms with van der Waals surface area (Å²) >= 11 is 7.94. The van der Waals surface area contributed by atoms with Crippen molar-refractivity contribution in [2.45, 2.75) is 45.6 Å². The average Bonchev–Trinajstić information content (AvgIpc) is 3.36. The van der Waals surface area contributed by atoms with Gasteiger partial charge in [0.25, 0.3) is 5.91 Å². The number of nitrogen functional groups attached to an aromatic ring is 1. The van der Waals surface area contributed by atoms with Crippen LogP contribution in [-0.4, -0.2) is 62.1 Å². The molecule has 1 fully saturated rings. The fourth-order valence-corrected chi connectivity index (χ4v) is 5.39. The van der Waals surface area contributed by atoms with Crippen LogP contribution < -0.4 is 15.8 Å². The number of hydrogen-bond donors (Lipinski definition) is 2. The van der Waals surface area contributed by atoms with Crippen molar-refractivity contribution in [3.05, 3.63) is 45.1 Å². The van der Waals surface area contributed by atoms with Crippen LogP contribution in [0.25, 0.3) is 0 Å². The summed E-state index contributed by atoms with van der Waals surface area (Å²) in [6.45, 7) is 9.69. The highest BCUT2D eigenvalue weighted by Crippen LogP contribution is 2.29. The minimum atomic E-state index is -0.165. The maximum atomic E-state index is 12.7. The van der Waals surface area contributed by atoms with E-state index in [1.54, 1.807) is 12.1 Å². The maximum absolute atomic E-state index is 12.7. The topological polar surface area (TPSA) is 70.8 Å². The fourth-order valence-electron chi connectivity index (χ4n) is 4.48. The smallest absolute Gasteiger partial charge is 0.255 e.